The van der Waals surface area contributed by atoms with E-state index in [2.05, 4.69) is 13.8 Å². The first-order valence-electron chi connectivity index (χ1n) is 22.2. The molecule has 10 heteroatoms. The van der Waals surface area contributed by atoms with Gasteiger partial charge in [-0.1, -0.05) is 187 Å². The fourth-order valence-corrected chi connectivity index (χ4v) is 7.09. The van der Waals surface area contributed by atoms with Crippen LogP contribution in [0.25, 0.3) is 0 Å². The summed E-state index contributed by atoms with van der Waals surface area (Å²) in [5, 5.41) is 0. The molecule has 0 aromatic carbocycles. The van der Waals surface area contributed by atoms with E-state index in [-0.39, 0.29) is 32.0 Å². The van der Waals surface area contributed by atoms with E-state index in [1.54, 1.807) is 0 Å². The predicted octanol–water partition coefficient (Wildman–Crippen LogP) is 11.8. The van der Waals surface area contributed by atoms with Gasteiger partial charge in [0, 0.05) is 12.8 Å². The van der Waals surface area contributed by atoms with Gasteiger partial charge >= 0.3 is 11.9 Å². The van der Waals surface area contributed by atoms with E-state index in [1.165, 1.54) is 148 Å². The summed E-state index contributed by atoms with van der Waals surface area (Å²) in [5.41, 5.74) is 0. The van der Waals surface area contributed by atoms with E-state index < -0.39 is 26.5 Å². The van der Waals surface area contributed by atoms with Gasteiger partial charge in [-0.15, -0.1) is 0 Å². The molecule has 9 nitrogen and oxygen atoms in total. The number of phosphoric ester groups is 1. The van der Waals surface area contributed by atoms with E-state index >= 15 is 0 Å². The summed E-state index contributed by atoms with van der Waals surface area (Å²) >= 11 is 0. The number of unbranched alkanes of at least 4 members (excludes halogenated alkanes) is 27. The van der Waals surface area contributed by atoms with Gasteiger partial charge in [-0.25, -0.2) is 0 Å². The van der Waals surface area contributed by atoms with E-state index in [9.17, 15) is 19.0 Å². The van der Waals surface area contributed by atoms with Crippen molar-refractivity contribution in [1.82, 2.24) is 0 Å². The molecule has 0 rings (SSSR count). The highest BCUT2D eigenvalue weighted by molar-refractivity contribution is 7.45. The number of quaternary nitrogens is 1. The zero-order chi connectivity index (χ0) is 39.3. The first-order chi connectivity index (χ1) is 25.5. The lowest BCUT2D eigenvalue weighted by molar-refractivity contribution is -0.870. The SMILES string of the molecule is CCCCCCCCCCCCCCCCCCC(=O)O[C@H](COC(=O)CCCCCCCCCCCCCCC)COP(=O)([O-])OCC[N+](C)(C)C. The summed E-state index contributed by atoms with van der Waals surface area (Å²) in [6.07, 6.45) is 35.5. The van der Waals surface area contributed by atoms with Gasteiger partial charge in [0.15, 0.2) is 6.10 Å². The molecule has 0 aromatic rings. The van der Waals surface area contributed by atoms with Crippen LogP contribution in [0.4, 0.5) is 0 Å². The number of nitrogens with zero attached hydrogens (tertiary/aromatic N) is 1. The van der Waals surface area contributed by atoms with Crippen molar-refractivity contribution < 1.29 is 42.1 Å². The van der Waals surface area contributed by atoms with Gasteiger partial charge in [-0.05, 0) is 12.8 Å². The molecular formula is C43H86NO8P. The molecule has 0 aromatic heterocycles. The standard InChI is InChI=1S/C43H86NO8P/c1-6-8-10-12-14-16-18-20-21-22-24-26-28-30-32-34-36-43(46)52-41(40-51-53(47,48)50-38-37-44(3,4)5)39-49-42(45)35-33-31-29-27-25-23-19-17-15-13-11-9-7-2/h41H,6-40H2,1-5H3/t41-/m1/s1. The fourth-order valence-electron chi connectivity index (χ4n) is 6.36. The Hall–Kier alpha value is -0.990. The zero-order valence-corrected chi connectivity index (χ0v) is 36.4. The van der Waals surface area contributed by atoms with Crippen molar-refractivity contribution in [1.29, 1.82) is 0 Å². The van der Waals surface area contributed by atoms with Crippen LogP contribution in [-0.2, 0) is 32.7 Å². The maximum Gasteiger partial charge on any atom is 0.306 e. The lowest BCUT2D eigenvalue weighted by Crippen LogP contribution is -2.37. The van der Waals surface area contributed by atoms with Crippen LogP contribution in [0.2, 0.25) is 0 Å². The summed E-state index contributed by atoms with van der Waals surface area (Å²) in [6, 6.07) is 0. The highest BCUT2D eigenvalue weighted by Gasteiger charge is 2.21. The Labute approximate surface area is 327 Å². The number of likely N-dealkylation sites (N-methyl/N-ethyl adjacent to an activating group) is 1. The van der Waals surface area contributed by atoms with Crippen LogP contribution < -0.4 is 4.89 Å². The number of phosphoric acid groups is 1. The maximum absolute atomic E-state index is 12.7. The number of esters is 2. The first kappa shape index (κ1) is 52.0. The van der Waals surface area contributed by atoms with Crippen molar-refractivity contribution in [3.63, 3.8) is 0 Å². The molecule has 0 amide bonds. The summed E-state index contributed by atoms with van der Waals surface area (Å²) < 4.78 is 33.9. The number of carbonyl (C=O) groups is 2. The quantitative estimate of drug-likeness (QED) is 0.0261. The van der Waals surface area contributed by atoms with Gasteiger partial charge < -0.3 is 27.9 Å². The molecule has 0 aliphatic rings. The van der Waals surface area contributed by atoms with Crippen LogP contribution >= 0.6 is 7.82 Å². The Morgan fingerprint density at radius 2 is 0.849 bits per heavy atom. The molecule has 0 radical (unpaired) electrons. The second-order valence-corrected chi connectivity index (χ2v) is 17.8. The molecule has 0 N–H and O–H groups in total. The summed E-state index contributed by atoms with van der Waals surface area (Å²) in [4.78, 5) is 37.5. The minimum Gasteiger partial charge on any atom is -0.756 e. The Balaban J connectivity index is 4.31. The molecule has 0 saturated heterocycles. The van der Waals surface area contributed by atoms with Crippen LogP contribution in [-0.4, -0.2) is 70.0 Å². The third kappa shape index (κ3) is 40.5. The molecule has 0 fully saturated rings. The first-order valence-corrected chi connectivity index (χ1v) is 23.7. The van der Waals surface area contributed by atoms with Gasteiger partial charge in [-0.3, -0.25) is 14.2 Å². The zero-order valence-electron chi connectivity index (χ0n) is 35.5. The van der Waals surface area contributed by atoms with Crippen molar-refractivity contribution in [2.45, 2.75) is 219 Å². The van der Waals surface area contributed by atoms with Crippen molar-refractivity contribution >= 4 is 19.8 Å². The number of hydrogen-bond acceptors (Lipinski definition) is 8. The third-order valence-electron chi connectivity index (χ3n) is 9.88. The van der Waals surface area contributed by atoms with Crippen LogP contribution in [0.5, 0.6) is 0 Å². The average molecular weight is 776 g/mol. The summed E-state index contributed by atoms with van der Waals surface area (Å²) in [6.45, 7) is 4.26. The highest BCUT2D eigenvalue weighted by atomic mass is 31.2. The van der Waals surface area contributed by atoms with Crippen molar-refractivity contribution in [3.8, 4) is 0 Å². The van der Waals surface area contributed by atoms with E-state index in [0.717, 1.165) is 32.1 Å². The Morgan fingerprint density at radius 3 is 1.21 bits per heavy atom. The number of hydrogen-bond donors (Lipinski definition) is 0. The molecule has 316 valence electrons. The van der Waals surface area contributed by atoms with Gasteiger partial charge in [0.2, 0.25) is 0 Å². The molecule has 53 heavy (non-hydrogen) atoms. The highest BCUT2D eigenvalue weighted by Crippen LogP contribution is 2.38. The predicted molar refractivity (Wildman–Crippen MR) is 218 cm³/mol. The summed E-state index contributed by atoms with van der Waals surface area (Å²) in [7, 11) is 1.18. The average Bonchev–Trinajstić information content (AvgIpc) is 3.10. The van der Waals surface area contributed by atoms with E-state index in [1.807, 2.05) is 21.1 Å². The summed E-state index contributed by atoms with van der Waals surface area (Å²) in [5.74, 6) is -0.820. The second kappa shape index (κ2) is 36.6. The van der Waals surface area contributed by atoms with Crippen molar-refractivity contribution in [2.75, 3.05) is 47.5 Å². The lowest BCUT2D eigenvalue weighted by Gasteiger charge is -2.28. The molecule has 0 aliphatic heterocycles. The topological polar surface area (TPSA) is 111 Å². The largest absolute Gasteiger partial charge is 0.756 e. The van der Waals surface area contributed by atoms with Gasteiger partial charge in [-0.2, -0.15) is 0 Å². The number of carbonyl (C=O) groups excluding carboxylic acids is 2. The molecule has 0 spiro atoms. The van der Waals surface area contributed by atoms with Crippen molar-refractivity contribution in [2.24, 2.45) is 0 Å². The Morgan fingerprint density at radius 1 is 0.509 bits per heavy atom. The molecule has 2 atom stereocenters. The van der Waals surface area contributed by atoms with Crippen LogP contribution in [0.3, 0.4) is 0 Å². The smallest absolute Gasteiger partial charge is 0.306 e. The van der Waals surface area contributed by atoms with Crippen LogP contribution in [0.1, 0.15) is 213 Å². The van der Waals surface area contributed by atoms with Crippen LogP contribution in [0, 0.1) is 0 Å². The van der Waals surface area contributed by atoms with Gasteiger partial charge in [0.1, 0.15) is 19.8 Å². The minimum absolute atomic E-state index is 0.0257. The van der Waals surface area contributed by atoms with E-state index in [0.29, 0.717) is 17.4 Å². The fraction of sp³-hybridized carbons (Fsp3) is 0.953. The number of rotatable bonds is 41. The normalized spacial score (nSPS) is 13.5. The molecular weight excluding hydrogens is 689 g/mol. The third-order valence-corrected chi connectivity index (χ3v) is 10.8. The van der Waals surface area contributed by atoms with E-state index in [4.69, 9.17) is 18.5 Å². The number of ether oxygens (including phenoxy) is 2. The monoisotopic (exact) mass is 776 g/mol. The molecule has 0 aliphatic carbocycles. The maximum atomic E-state index is 12.7. The molecule has 1 unspecified atom stereocenters. The second-order valence-electron chi connectivity index (χ2n) is 16.4. The molecule has 0 bridgehead atoms. The molecule has 0 heterocycles. The minimum atomic E-state index is -4.61. The Kier molecular flexibility index (Phi) is 36.0. The van der Waals surface area contributed by atoms with Gasteiger partial charge in [0.25, 0.3) is 7.82 Å². The lowest BCUT2D eigenvalue weighted by atomic mass is 10.0. The molecule has 0 saturated carbocycles. The van der Waals surface area contributed by atoms with Gasteiger partial charge in [0.05, 0.1) is 27.7 Å². The Bertz CT molecular complexity index is 881. The van der Waals surface area contributed by atoms with Crippen molar-refractivity contribution in [3.05, 3.63) is 0 Å². The van der Waals surface area contributed by atoms with Crippen LogP contribution in [0.15, 0.2) is 0 Å².